The fourth-order valence-corrected chi connectivity index (χ4v) is 3.89. The molecule has 0 bridgehead atoms. The molecule has 2 aromatic carbocycles. The largest absolute Gasteiger partial charge is 0.255 e. The van der Waals surface area contributed by atoms with Crippen molar-refractivity contribution in [3.05, 3.63) is 58.7 Å². The van der Waals surface area contributed by atoms with Crippen molar-refractivity contribution >= 4 is 23.3 Å². The fourth-order valence-electron chi connectivity index (χ4n) is 3.89. The predicted octanol–water partition coefficient (Wildman–Crippen LogP) is 8.38. The number of nitrogens with zero attached hydrogens (tertiary/aromatic N) is 2. The van der Waals surface area contributed by atoms with Crippen LogP contribution in [0.15, 0.2) is 46.4 Å². The van der Waals surface area contributed by atoms with Gasteiger partial charge in [-0.1, -0.05) is 66.0 Å². The molecule has 172 valence electrons. The maximum atomic E-state index is 4.97. The van der Waals surface area contributed by atoms with Crippen molar-refractivity contribution in [1.82, 2.24) is 0 Å². The predicted molar refractivity (Wildman–Crippen MR) is 134 cm³/mol. The van der Waals surface area contributed by atoms with Crippen LogP contribution < -0.4 is 0 Å². The summed E-state index contributed by atoms with van der Waals surface area (Å²) in [5, 5.41) is 0. The summed E-state index contributed by atoms with van der Waals surface area (Å²) < 4.78 is 0. The monoisotopic (exact) mass is 462 g/mol. The van der Waals surface area contributed by atoms with Crippen LogP contribution in [0.5, 0.6) is 0 Å². The number of aliphatic imine (C=N–C) groups is 2. The van der Waals surface area contributed by atoms with Gasteiger partial charge in [-0.25, -0.2) is 0 Å². The van der Waals surface area contributed by atoms with Crippen LogP contribution in [0.2, 0.25) is 0 Å². The first-order chi connectivity index (χ1) is 14.6. The quantitative estimate of drug-likeness (QED) is 0.223. The Morgan fingerprint density at radius 1 is 0.710 bits per heavy atom. The van der Waals surface area contributed by atoms with Crippen molar-refractivity contribution in [2.45, 2.75) is 92.4 Å². The standard InChI is InChI=1S/C28H40N2.Ni/c1-6-11-14-28(30-27-18-15-22(9-4)23(10-5)19-27)21-29-26-17-16-24(12-7-2)25(20-26)13-8-3;/h15-21H,6-14H2,1-5H3;. The van der Waals surface area contributed by atoms with E-state index < -0.39 is 0 Å². The van der Waals surface area contributed by atoms with Gasteiger partial charge in [-0.05, 0) is 85.0 Å². The van der Waals surface area contributed by atoms with Crippen LogP contribution in [0.1, 0.15) is 89.0 Å². The summed E-state index contributed by atoms with van der Waals surface area (Å²) in [4.78, 5) is 9.79. The second kappa shape index (κ2) is 15.1. The third kappa shape index (κ3) is 8.73. The SMILES string of the molecule is CCCCC(C=Nc1ccc(CCC)c(CCC)c1)=Nc1ccc(CC)c(CC)c1.[Ni]. The van der Waals surface area contributed by atoms with E-state index >= 15 is 0 Å². The van der Waals surface area contributed by atoms with Gasteiger partial charge in [-0.3, -0.25) is 9.98 Å². The Morgan fingerprint density at radius 2 is 1.32 bits per heavy atom. The molecule has 0 fully saturated rings. The van der Waals surface area contributed by atoms with E-state index in [2.05, 4.69) is 71.0 Å². The van der Waals surface area contributed by atoms with Gasteiger partial charge in [0.1, 0.15) is 0 Å². The van der Waals surface area contributed by atoms with Crippen LogP contribution in [0, 0.1) is 0 Å². The average molecular weight is 463 g/mol. The minimum absolute atomic E-state index is 0. The van der Waals surface area contributed by atoms with E-state index in [1.807, 2.05) is 6.21 Å². The number of benzene rings is 2. The number of aryl methyl sites for hydroxylation is 4. The summed E-state index contributed by atoms with van der Waals surface area (Å²) in [6.07, 6.45) is 12.0. The zero-order valence-corrected chi connectivity index (χ0v) is 21.1. The normalized spacial score (nSPS) is 11.7. The van der Waals surface area contributed by atoms with E-state index in [4.69, 9.17) is 9.98 Å². The molecule has 0 aliphatic heterocycles. The van der Waals surface area contributed by atoms with E-state index in [9.17, 15) is 0 Å². The van der Waals surface area contributed by atoms with Gasteiger partial charge in [0.2, 0.25) is 0 Å². The first-order valence-electron chi connectivity index (χ1n) is 12.0. The molecule has 0 N–H and O–H groups in total. The summed E-state index contributed by atoms with van der Waals surface area (Å²) in [5.41, 5.74) is 8.91. The topological polar surface area (TPSA) is 24.7 Å². The molecule has 2 rings (SSSR count). The number of rotatable bonds is 12. The molecule has 31 heavy (non-hydrogen) atoms. The Bertz CT molecular complexity index is 852. The number of hydrogen-bond donors (Lipinski definition) is 0. The Morgan fingerprint density at radius 3 is 1.97 bits per heavy atom. The van der Waals surface area contributed by atoms with Crippen molar-refractivity contribution < 1.29 is 16.5 Å². The maximum Gasteiger partial charge on any atom is 0.0636 e. The van der Waals surface area contributed by atoms with Crippen LogP contribution in [-0.4, -0.2) is 11.9 Å². The second-order valence-electron chi connectivity index (χ2n) is 8.08. The van der Waals surface area contributed by atoms with Gasteiger partial charge in [0.25, 0.3) is 0 Å². The summed E-state index contributed by atoms with van der Waals surface area (Å²) in [5.74, 6) is 0. The van der Waals surface area contributed by atoms with Crippen LogP contribution in [0.4, 0.5) is 11.4 Å². The van der Waals surface area contributed by atoms with E-state index in [0.717, 1.165) is 62.0 Å². The van der Waals surface area contributed by atoms with Crippen LogP contribution in [0.25, 0.3) is 0 Å². The molecule has 0 spiro atoms. The molecule has 0 aromatic heterocycles. The van der Waals surface area contributed by atoms with Gasteiger partial charge in [0, 0.05) is 22.7 Å². The summed E-state index contributed by atoms with van der Waals surface area (Å²) in [7, 11) is 0. The van der Waals surface area contributed by atoms with E-state index in [1.165, 1.54) is 35.1 Å². The average Bonchev–Trinajstić information content (AvgIpc) is 2.77. The molecule has 0 saturated heterocycles. The van der Waals surface area contributed by atoms with E-state index in [-0.39, 0.29) is 16.5 Å². The molecule has 0 radical (unpaired) electrons. The first-order valence-corrected chi connectivity index (χ1v) is 12.0. The number of hydrogen-bond acceptors (Lipinski definition) is 2. The van der Waals surface area contributed by atoms with Crippen LogP contribution in [-0.2, 0) is 42.2 Å². The molecule has 0 aliphatic carbocycles. The third-order valence-corrected chi connectivity index (χ3v) is 5.60. The molecule has 0 atom stereocenters. The molecule has 0 aliphatic rings. The summed E-state index contributed by atoms with van der Waals surface area (Å²) in [6, 6.07) is 13.3. The summed E-state index contributed by atoms with van der Waals surface area (Å²) in [6.45, 7) is 11.2. The molecule has 3 heteroatoms. The van der Waals surface area contributed by atoms with Gasteiger partial charge in [-0.15, -0.1) is 0 Å². The molecular weight excluding hydrogens is 423 g/mol. The Balaban J connectivity index is 0.00000480. The zero-order valence-electron chi connectivity index (χ0n) is 20.1. The zero-order chi connectivity index (χ0) is 21.8. The van der Waals surface area contributed by atoms with Gasteiger partial charge in [0.05, 0.1) is 17.1 Å². The minimum atomic E-state index is 0. The Kier molecular flexibility index (Phi) is 13.3. The van der Waals surface area contributed by atoms with Crippen molar-refractivity contribution in [3.63, 3.8) is 0 Å². The number of unbranched alkanes of at least 4 members (excludes halogenated alkanes) is 1. The van der Waals surface area contributed by atoms with Gasteiger partial charge in [-0.2, -0.15) is 0 Å². The van der Waals surface area contributed by atoms with Crippen molar-refractivity contribution in [3.8, 4) is 0 Å². The fraction of sp³-hybridized carbons (Fsp3) is 0.500. The third-order valence-electron chi connectivity index (χ3n) is 5.60. The van der Waals surface area contributed by atoms with Crippen molar-refractivity contribution in [2.75, 3.05) is 0 Å². The molecule has 2 nitrogen and oxygen atoms in total. The Hall–Kier alpha value is -1.73. The van der Waals surface area contributed by atoms with Gasteiger partial charge < -0.3 is 0 Å². The molecule has 2 aromatic rings. The van der Waals surface area contributed by atoms with Crippen molar-refractivity contribution in [1.29, 1.82) is 0 Å². The van der Waals surface area contributed by atoms with Gasteiger partial charge in [0.15, 0.2) is 0 Å². The van der Waals surface area contributed by atoms with E-state index in [1.54, 1.807) is 0 Å². The second-order valence-corrected chi connectivity index (χ2v) is 8.08. The summed E-state index contributed by atoms with van der Waals surface area (Å²) >= 11 is 0. The first kappa shape index (κ1) is 27.3. The minimum Gasteiger partial charge on any atom is -0.255 e. The maximum absolute atomic E-state index is 4.97. The molecule has 0 heterocycles. The van der Waals surface area contributed by atoms with Crippen molar-refractivity contribution in [2.24, 2.45) is 9.98 Å². The smallest absolute Gasteiger partial charge is 0.0636 e. The Labute approximate surface area is 200 Å². The van der Waals surface area contributed by atoms with E-state index in [0.29, 0.717) is 0 Å². The molecular formula is C28H40N2Ni. The molecule has 0 amide bonds. The van der Waals surface area contributed by atoms with Gasteiger partial charge >= 0.3 is 0 Å². The van der Waals surface area contributed by atoms with Crippen LogP contribution >= 0.6 is 0 Å². The van der Waals surface area contributed by atoms with Crippen LogP contribution in [0.3, 0.4) is 0 Å². The molecule has 0 unspecified atom stereocenters. The molecule has 0 saturated carbocycles.